The molecule has 0 spiro atoms. The number of hydrogen-bond donors (Lipinski definition) is 0. The van der Waals surface area contributed by atoms with E-state index >= 15 is 0 Å². The molecule has 2 nitrogen and oxygen atoms in total. The molecule has 17 heavy (non-hydrogen) atoms. The highest BCUT2D eigenvalue weighted by Crippen LogP contribution is 2.32. The van der Waals surface area contributed by atoms with Crippen LogP contribution in [0.3, 0.4) is 0 Å². The summed E-state index contributed by atoms with van der Waals surface area (Å²) in [5, 5.41) is 0. The fraction of sp³-hybridized carbons (Fsp3) is 0.643. The number of nitrogens with zero attached hydrogens (tertiary/aromatic N) is 1. The maximum absolute atomic E-state index is 6.05. The minimum absolute atomic E-state index is 0.326. The highest BCUT2D eigenvalue weighted by molar-refractivity contribution is 6.17. The van der Waals surface area contributed by atoms with Crippen LogP contribution in [-0.2, 0) is 5.88 Å². The van der Waals surface area contributed by atoms with Crippen LogP contribution in [0.5, 0.6) is 5.75 Å². The molecule has 2 rings (SSSR count). The lowest BCUT2D eigenvalue weighted by Crippen LogP contribution is -2.29. The van der Waals surface area contributed by atoms with Gasteiger partial charge in [-0.3, -0.25) is 4.98 Å². The summed E-state index contributed by atoms with van der Waals surface area (Å²) in [6, 6.07) is 1.93. The van der Waals surface area contributed by atoms with Gasteiger partial charge in [-0.25, -0.2) is 0 Å². The fourth-order valence-electron chi connectivity index (χ4n) is 2.41. The molecule has 0 saturated heterocycles. The van der Waals surface area contributed by atoms with Crippen LogP contribution in [0.15, 0.2) is 18.5 Å². The van der Waals surface area contributed by atoms with Crippen molar-refractivity contribution in [2.24, 2.45) is 11.8 Å². The van der Waals surface area contributed by atoms with Crippen molar-refractivity contribution < 1.29 is 4.74 Å². The Bertz CT molecular complexity index is 369. The summed E-state index contributed by atoms with van der Waals surface area (Å²) in [7, 11) is 0. The summed E-state index contributed by atoms with van der Waals surface area (Å²) in [6.07, 6.45) is 7.39. The van der Waals surface area contributed by atoms with Gasteiger partial charge in [0.15, 0.2) is 0 Å². The molecule has 0 radical (unpaired) electrons. The summed E-state index contributed by atoms with van der Waals surface area (Å²) in [5.74, 6) is 2.90. The molecule has 1 aromatic heterocycles. The van der Waals surface area contributed by atoms with E-state index in [-0.39, 0.29) is 0 Å². The Hall–Kier alpha value is -0.760. The largest absolute Gasteiger partial charge is 0.488 e. The maximum Gasteiger partial charge on any atom is 0.142 e. The summed E-state index contributed by atoms with van der Waals surface area (Å²) >= 11 is 5.89. The molecule has 0 aromatic carbocycles. The third kappa shape index (κ3) is 3.12. The highest BCUT2D eigenvalue weighted by atomic mass is 35.5. The first-order valence-corrected chi connectivity index (χ1v) is 6.89. The molecule has 1 aliphatic rings. The molecule has 1 saturated carbocycles. The van der Waals surface area contributed by atoms with Crippen molar-refractivity contribution in [3.63, 3.8) is 0 Å². The van der Waals surface area contributed by atoms with Crippen LogP contribution >= 0.6 is 11.6 Å². The Balaban J connectivity index is 2.01. The lowest BCUT2D eigenvalue weighted by atomic mass is 9.80. The molecule has 3 unspecified atom stereocenters. The molecule has 0 bridgehead atoms. The predicted molar refractivity (Wildman–Crippen MR) is 70.4 cm³/mol. The summed E-state index contributed by atoms with van der Waals surface area (Å²) in [4.78, 5) is 4.11. The molecule has 1 fully saturated rings. The minimum atomic E-state index is 0.326. The summed E-state index contributed by atoms with van der Waals surface area (Å²) < 4.78 is 6.05. The molecular formula is C14H20ClNO. The van der Waals surface area contributed by atoms with Gasteiger partial charge in [0.1, 0.15) is 5.75 Å². The molecular weight excluding hydrogens is 234 g/mol. The molecule has 3 heteroatoms. The molecule has 0 amide bonds. The molecule has 94 valence electrons. The van der Waals surface area contributed by atoms with Gasteiger partial charge >= 0.3 is 0 Å². The second kappa shape index (κ2) is 5.72. The van der Waals surface area contributed by atoms with Crippen LogP contribution in [0.1, 0.15) is 38.7 Å². The Labute approximate surface area is 108 Å². The number of rotatable bonds is 3. The van der Waals surface area contributed by atoms with Gasteiger partial charge in [0.25, 0.3) is 0 Å². The van der Waals surface area contributed by atoms with Crippen LogP contribution in [0.4, 0.5) is 0 Å². The summed E-state index contributed by atoms with van der Waals surface area (Å²) in [6.45, 7) is 4.64. The zero-order valence-electron chi connectivity index (χ0n) is 10.5. The number of pyridine rings is 1. The lowest BCUT2D eigenvalue weighted by molar-refractivity contribution is 0.0995. The predicted octanol–water partition coefficient (Wildman–Crippen LogP) is 4.02. The van der Waals surface area contributed by atoms with Gasteiger partial charge < -0.3 is 4.74 Å². The number of aromatic nitrogens is 1. The van der Waals surface area contributed by atoms with Crippen molar-refractivity contribution in [3.05, 3.63) is 24.0 Å². The van der Waals surface area contributed by atoms with Crippen molar-refractivity contribution >= 4 is 11.6 Å². The number of halogens is 1. The van der Waals surface area contributed by atoms with E-state index in [1.54, 1.807) is 12.4 Å². The van der Waals surface area contributed by atoms with Gasteiger partial charge in [0.05, 0.1) is 18.2 Å². The van der Waals surface area contributed by atoms with E-state index in [1.807, 2.05) is 6.07 Å². The fourth-order valence-corrected chi connectivity index (χ4v) is 2.63. The van der Waals surface area contributed by atoms with E-state index in [9.17, 15) is 0 Å². The van der Waals surface area contributed by atoms with E-state index in [0.717, 1.165) is 36.0 Å². The van der Waals surface area contributed by atoms with E-state index in [2.05, 4.69) is 18.8 Å². The molecule has 0 aliphatic heterocycles. The van der Waals surface area contributed by atoms with Crippen molar-refractivity contribution in [2.75, 3.05) is 0 Å². The first-order chi connectivity index (χ1) is 8.20. The van der Waals surface area contributed by atoms with Gasteiger partial charge in [0.2, 0.25) is 0 Å². The van der Waals surface area contributed by atoms with E-state index < -0.39 is 0 Å². The van der Waals surface area contributed by atoms with Crippen LogP contribution in [-0.4, -0.2) is 11.1 Å². The molecule has 1 heterocycles. The van der Waals surface area contributed by atoms with Crippen LogP contribution < -0.4 is 4.74 Å². The number of ether oxygens (including phenoxy) is 1. The Morgan fingerprint density at radius 2 is 2.18 bits per heavy atom. The first kappa shape index (κ1) is 12.7. The lowest BCUT2D eigenvalue weighted by Gasteiger charge is -2.32. The zero-order chi connectivity index (χ0) is 12.3. The van der Waals surface area contributed by atoms with Gasteiger partial charge in [-0.15, -0.1) is 11.6 Å². The Morgan fingerprint density at radius 1 is 1.35 bits per heavy atom. The van der Waals surface area contributed by atoms with Crippen molar-refractivity contribution in [2.45, 2.75) is 45.1 Å². The van der Waals surface area contributed by atoms with E-state index in [4.69, 9.17) is 16.3 Å². The van der Waals surface area contributed by atoms with Crippen LogP contribution in [0.2, 0.25) is 0 Å². The summed E-state index contributed by atoms with van der Waals surface area (Å²) in [5.41, 5.74) is 1.04. The second-order valence-electron chi connectivity index (χ2n) is 5.12. The standard InChI is InChI=1S/C14H20ClNO/c1-10-3-4-13(7-11(10)2)17-14-9-16-6-5-12(14)8-15/h5-6,9-11,13H,3-4,7-8H2,1-2H3. The number of hydrogen-bond acceptors (Lipinski definition) is 2. The Kier molecular flexibility index (Phi) is 4.27. The molecule has 0 N–H and O–H groups in total. The third-order valence-corrected chi connectivity index (χ3v) is 4.15. The topological polar surface area (TPSA) is 22.1 Å². The van der Waals surface area contributed by atoms with Crippen molar-refractivity contribution in [1.29, 1.82) is 0 Å². The quantitative estimate of drug-likeness (QED) is 0.759. The normalized spacial score (nSPS) is 29.0. The zero-order valence-corrected chi connectivity index (χ0v) is 11.3. The van der Waals surface area contributed by atoms with E-state index in [1.165, 1.54) is 6.42 Å². The van der Waals surface area contributed by atoms with Gasteiger partial charge in [-0.05, 0) is 37.2 Å². The molecule has 3 atom stereocenters. The van der Waals surface area contributed by atoms with Crippen LogP contribution in [0.25, 0.3) is 0 Å². The van der Waals surface area contributed by atoms with Crippen molar-refractivity contribution in [1.82, 2.24) is 4.98 Å². The van der Waals surface area contributed by atoms with Crippen molar-refractivity contribution in [3.8, 4) is 5.75 Å². The first-order valence-electron chi connectivity index (χ1n) is 6.36. The van der Waals surface area contributed by atoms with Gasteiger partial charge in [-0.1, -0.05) is 13.8 Å². The van der Waals surface area contributed by atoms with Gasteiger partial charge in [0, 0.05) is 11.8 Å². The maximum atomic E-state index is 6.05. The number of alkyl halides is 1. The monoisotopic (exact) mass is 253 g/mol. The molecule has 1 aliphatic carbocycles. The average molecular weight is 254 g/mol. The third-order valence-electron chi connectivity index (χ3n) is 3.86. The minimum Gasteiger partial charge on any atom is -0.488 e. The SMILES string of the molecule is CC1CCC(Oc2cnccc2CCl)CC1C. The van der Waals surface area contributed by atoms with E-state index in [0.29, 0.717) is 12.0 Å². The molecule has 1 aromatic rings. The average Bonchev–Trinajstić information content (AvgIpc) is 2.34. The second-order valence-corrected chi connectivity index (χ2v) is 5.39. The smallest absolute Gasteiger partial charge is 0.142 e. The highest BCUT2D eigenvalue weighted by Gasteiger charge is 2.26. The van der Waals surface area contributed by atoms with Crippen LogP contribution in [0, 0.1) is 11.8 Å². The Morgan fingerprint density at radius 3 is 2.88 bits per heavy atom. The van der Waals surface area contributed by atoms with Gasteiger partial charge in [-0.2, -0.15) is 0 Å².